The Morgan fingerprint density at radius 3 is 2.78 bits per heavy atom. The number of anilines is 1. The van der Waals surface area contributed by atoms with Gasteiger partial charge in [-0.1, -0.05) is 25.4 Å². The van der Waals surface area contributed by atoms with E-state index in [1.54, 1.807) is 6.07 Å². The molecule has 0 amide bonds. The van der Waals surface area contributed by atoms with E-state index in [1.165, 1.54) is 12.1 Å². The lowest BCUT2D eigenvalue weighted by Gasteiger charge is -2.08. The van der Waals surface area contributed by atoms with Gasteiger partial charge in [-0.25, -0.2) is 4.39 Å². The summed E-state index contributed by atoms with van der Waals surface area (Å²) in [5, 5.41) is 7.23. The summed E-state index contributed by atoms with van der Waals surface area (Å²) in [7, 11) is 0. The summed E-state index contributed by atoms with van der Waals surface area (Å²) in [6.45, 7) is 4.20. The molecule has 2 rings (SSSR count). The van der Waals surface area contributed by atoms with Crippen molar-refractivity contribution in [2.45, 2.75) is 20.3 Å². The zero-order valence-corrected chi connectivity index (χ0v) is 11.1. The minimum atomic E-state index is -0.360. The van der Waals surface area contributed by atoms with Gasteiger partial charge < -0.3 is 5.73 Å². The third kappa shape index (κ3) is 2.48. The number of hydrogen-bond donors (Lipinski definition) is 2. The highest BCUT2D eigenvalue weighted by Gasteiger charge is 2.16. The average Bonchev–Trinajstić information content (AvgIpc) is 2.60. The summed E-state index contributed by atoms with van der Waals surface area (Å²) in [5.74, 6) is 0.559. The van der Waals surface area contributed by atoms with Crippen LogP contribution in [0.2, 0.25) is 5.02 Å². The molecule has 1 aromatic carbocycles. The topological polar surface area (TPSA) is 54.7 Å². The quantitative estimate of drug-likeness (QED) is 0.892. The Morgan fingerprint density at radius 2 is 2.17 bits per heavy atom. The predicted molar refractivity (Wildman–Crippen MR) is 71.9 cm³/mol. The van der Waals surface area contributed by atoms with Crippen LogP contribution in [-0.2, 0) is 6.42 Å². The molecule has 2 aromatic rings. The van der Waals surface area contributed by atoms with Crippen LogP contribution in [0.5, 0.6) is 0 Å². The Morgan fingerprint density at radius 1 is 1.44 bits per heavy atom. The van der Waals surface area contributed by atoms with Crippen LogP contribution >= 0.6 is 11.6 Å². The van der Waals surface area contributed by atoms with Gasteiger partial charge in [-0.2, -0.15) is 5.10 Å². The van der Waals surface area contributed by atoms with Gasteiger partial charge in [0.25, 0.3) is 0 Å². The van der Waals surface area contributed by atoms with Crippen molar-refractivity contribution in [3.05, 3.63) is 34.6 Å². The maximum Gasteiger partial charge on any atom is 0.149 e. The van der Waals surface area contributed by atoms with Crippen LogP contribution in [0.25, 0.3) is 11.3 Å². The number of nitrogens with one attached hydrogen (secondary N) is 1. The van der Waals surface area contributed by atoms with Gasteiger partial charge in [0.15, 0.2) is 0 Å². The molecule has 0 aliphatic carbocycles. The molecule has 96 valence electrons. The Balaban J connectivity index is 2.50. The van der Waals surface area contributed by atoms with Crippen molar-refractivity contribution in [3.8, 4) is 11.3 Å². The normalized spacial score (nSPS) is 11.2. The number of H-pyrrole nitrogens is 1. The Labute approximate surface area is 110 Å². The van der Waals surface area contributed by atoms with E-state index >= 15 is 0 Å². The molecule has 3 N–H and O–H groups in total. The fourth-order valence-electron chi connectivity index (χ4n) is 1.91. The molecular formula is C13H15ClFN3. The third-order valence-electron chi connectivity index (χ3n) is 2.71. The Hall–Kier alpha value is -1.55. The van der Waals surface area contributed by atoms with Crippen LogP contribution in [0.3, 0.4) is 0 Å². The number of nitrogens with two attached hydrogens (primary N) is 1. The van der Waals surface area contributed by atoms with Crippen molar-refractivity contribution < 1.29 is 4.39 Å². The maximum absolute atomic E-state index is 13.0. The van der Waals surface area contributed by atoms with Gasteiger partial charge in [0.2, 0.25) is 0 Å². The SMILES string of the molecule is CC(C)Cc1c(N)n[nH]c1-c1ccc(F)cc1Cl. The van der Waals surface area contributed by atoms with E-state index in [1.807, 2.05) is 0 Å². The number of nitrogens with zero attached hydrogens (tertiary/aromatic N) is 1. The molecule has 18 heavy (non-hydrogen) atoms. The first-order valence-electron chi connectivity index (χ1n) is 5.77. The van der Waals surface area contributed by atoms with Crippen LogP contribution in [0.15, 0.2) is 18.2 Å². The van der Waals surface area contributed by atoms with Gasteiger partial charge in [0.1, 0.15) is 11.6 Å². The molecule has 1 aromatic heterocycles. The zero-order chi connectivity index (χ0) is 13.3. The zero-order valence-electron chi connectivity index (χ0n) is 10.3. The number of aromatic amines is 1. The lowest BCUT2D eigenvalue weighted by molar-refractivity contribution is 0.628. The number of aromatic nitrogens is 2. The summed E-state index contributed by atoms with van der Waals surface area (Å²) >= 11 is 6.05. The molecule has 0 spiro atoms. The monoisotopic (exact) mass is 267 g/mol. The van der Waals surface area contributed by atoms with Crippen molar-refractivity contribution >= 4 is 17.4 Å². The lowest BCUT2D eigenvalue weighted by atomic mass is 9.99. The van der Waals surface area contributed by atoms with Gasteiger partial charge in [0, 0.05) is 11.1 Å². The highest BCUT2D eigenvalue weighted by molar-refractivity contribution is 6.33. The molecule has 0 aliphatic heterocycles. The molecule has 0 unspecified atom stereocenters. The van der Waals surface area contributed by atoms with Crippen molar-refractivity contribution in [1.29, 1.82) is 0 Å². The van der Waals surface area contributed by atoms with E-state index in [4.69, 9.17) is 17.3 Å². The van der Waals surface area contributed by atoms with Gasteiger partial charge in [-0.05, 0) is 30.5 Å². The molecule has 0 saturated heterocycles. The minimum absolute atomic E-state index is 0.351. The Bertz CT molecular complexity index is 563. The average molecular weight is 268 g/mol. The molecule has 0 saturated carbocycles. The molecule has 5 heteroatoms. The number of hydrogen-bond acceptors (Lipinski definition) is 2. The predicted octanol–water partition coefficient (Wildman–Crippen LogP) is 3.65. The summed E-state index contributed by atoms with van der Waals surface area (Å²) in [6.07, 6.45) is 0.797. The van der Waals surface area contributed by atoms with Gasteiger partial charge in [-0.15, -0.1) is 0 Å². The van der Waals surface area contributed by atoms with Crippen molar-refractivity contribution in [1.82, 2.24) is 10.2 Å². The lowest BCUT2D eigenvalue weighted by Crippen LogP contribution is -1.99. The number of benzene rings is 1. The first-order chi connectivity index (χ1) is 8.49. The third-order valence-corrected chi connectivity index (χ3v) is 3.02. The number of rotatable bonds is 3. The molecular weight excluding hydrogens is 253 g/mol. The van der Waals surface area contributed by atoms with E-state index in [-0.39, 0.29) is 5.82 Å². The van der Waals surface area contributed by atoms with E-state index in [0.29, 0.717) is 16.8 Å². The van der Waals surface area contributed by atoms with E-state index in [2.05, 4.69) is 24.0 Å². The van der Waals surface area contributed by atoms with Crippen molar-refractivity contribution in [2.24, 2.45) is 5.92 Å². The number of nitrogen functional groups attached to an aromatic ring is 1. The summed E-state index contributed by atoms with van der Waals surface area (Å²) in [6, 6.07) is 4.29. The van der Waals surface area contributed by atoms with Crippen LogP contribution in [0.1, 0.15) is 19.4 Å². The fraction of sp³-hybridized carbons (Fsp3) is 0.308. The second kappa shape index (κ2) is 4.98. The van der Waals surface area contributed by atoms with E-state index in [0.717, 1.165) is 23.2 Å². The smallest absolute Gasteiger partial charge is 0.149 e. The summed E-state index contributed by atoms with van der Waals surface area (Å²) < 4.78 is 13.0. The van der Waals surface area contributed by atoms with Crippen LogP contribution in [0, 0.1) is 11.7 Å². The van der Waals surface area contributed by atoms with Gasteiger partial charge in [-0.3, -0.25) is 5.10 Å². The van der Waals surface area contributed by atoms with E-state index in [9.17, 15) is 4.39 Å². The fourth-order valence-corrected chi connectivity index (χ4v) is 2.17. The standard InChI is InChI=1S/C13H15ClFN3/c1-7(2)5-10-12(17-18-13(10)16)9-4-3-8(15)6-11(9)14/h3-4,6-7H,5H2,1-2H3,(H3,16,17,18). The molecule has 0 radical (unpaired) electrons. The molecule has 0 aliphatic rings. The molecule has 0 bridgehead atoms. The second-order valence-electron chi connectivity index (χ2n) is 4.68. The highest BCUT2D eigenvalue weighted by atomic mass is 35.5. The van der Waals surface area contributed by atoms with Crippen LogP contribution in [0.4, 0.5) is 10.2 Å². The Kier molecular flexibility index (Phi) is 3.57. The minimum Gasteiger partial charge on any atom is -0.382 e. The van der Waals surface area contributed by atoms with Crippen molar-refractivity contribution in [3.63, 3.8) is 0 Å². The van der Waals surface area contributed by atoms with Gasteiger partial charge in [0.05, 0.1) is 10.7 Å². The molecule has 0 atom stereocenters. The largest absolute Gasteiger partial charge is 0.382 e. The maximum atomic E-state index is 13.0. The summed E-state index contributed by atoms with van der Waals surface area (Å²) in [5.41, 5.74) is 8.27. The van der Waals surface area contributed by atoms with Crippen molar-refractivity contribution in [2.75, 3.05) is 5.73 Å². The molecule has 3 nitrogen and oxygen atoms in total. The number of halogens is 2. The first kappa shape index (κ1) is 12.9. The molecule has 1 heterocycles. The second-order valence-corrected chi connectivity index (χ2v) is 5.09. The van der Waals surface area contributed by atoms with Crippen LogP contribution < -0.4 is 5.73 Å². The first-order valence-corrected chi connectivity index (χ1v) is 6.15. The highest BCUT2D eigenvalue weighted by Crippen LogP contribution is 2.32. The van der Waals surface area contributed by atoms with Gasteiger partial charge >= 0.3 is 0 Å². The van der Waals surface area contributed by atoms with Crippen LogP contribution in [-0.4, -0.2) is 10.2 Å². The summed E-state index contributed by atoms with van der Waals surface area (Å²) in [4.78, 5) is 0. The van der Waals surface area contributed by atoms with E-state index < -0.39 is 0 Å². The molecule has 0 fully saturated rings.